The van der Waals surface area contributed by atoms with Gasteiger partial charge in [0.15, 0.2) is 0 Å². The minimum atomic E-state index is -0.634. The summed E-state index contributed by atoms with van der Waals surface area (Å²) < 4.78 is 18.6. The molecule has 7 heteroatoms. The summed E-state index contributed by atoms with van der Waals surface area (Å²) in [6, 6.07) is 10.3. The Hall–Kier alpha value is -2.86. The van der Waals surface area contributed by atoms with E-state index in [9.17, 15) is 14.0 Å². The van der Waals surface area contributed by atoms with Crippen LogP contribution in [-0.4, -0.2) is 23.5 Å². The predicted molar refractivity (Wildman–Crippen MR) is 93.6 cm³/mol. The standard InChI is InChI=1S/C18H14ClFN2O3/c1-2-25-18(24)16-15(13-9-12(20)7-8-14(13)21-16)22-17(23)10-3-5-11(19)6-4-10/h3-9,21H,2H2,1H3,(H,22,23). The molecule has 0 bridgehead atoms. The molecule has 128 valence electrons. The fourth-order valence-corrected chi connectivity index (χ4v) is 2.56. The van der Waals surface area contributed by atoms with Crippen molar-refractivity contribution in [2.24, 2.45) is 0 Å². The minimum absolute atomic E-state index is 0.0600. The minimum Gasteiger partial charge on any atom is -0.461 e. The Morgan fingerprint density at radius 3 is 2.60 bits per heavy atom. The second-order valence-electron chi connectivity index (χ2n) is 5.25. The molecule has 1 aromatic heterocycles. The van der Waals surface area contributed by atoms with Crippen LogP contribution in [0.4, 0.5) is 10.1 Å². The molecule has 0 unspecified atom stereocenters. The number of rotatable bonds is 4. The van der Waals surface area contributed by atoms with E-state index in [4.69, 9.17) is 16.3 Å². The van der Waals surface area contributed by atoms with Crippen molar-refractivity contribution in [1.29, 1.82) is 0 Å². The van der Waals surface area contributed by atoms with Gasteiger partial charge < -0.3 is 15.0 Å². The van der Waals surface area contributed by atoms with Crippen molar-refractivity contribution in [1.82, 2.24) is 4.98 Å². The Bertz CT molecular complexity index is 951. The first-order chi connectivity index (χ1) is 12.0. The van der Waals surface area contributed by atoms with Crippen molar-refractivity contribution in [2.45, 2.75) is 6.92 Å². The van der Waals surface area contributed by atoms with Crippen LogP contribution in [0.3, 0.4) is 0 Å². The maximum atomic E-state index is 13.6. The molecule has 3 rings (SSSR count). The van der Waals surface area contributed by atoms with Gasteiger partial charge in [0, 0.05) is 21.5 Å². The zero-order chi connectivity index (χ0) is 18.0. The average Bonchev–Trinajstić information content (AvgIpc) is 2.93. The van der Waals surface area contributed by atoms with Crippen LogP contribution in [0.1, 0.15) is 27.8 Å². The monoisotopic (exact) mass is 360 g/mol. The molecule has 2 N–H and O–H groups in total. The fraction of sp³-hybridized carbons (Fsp3) is 0.111. The Morgan fingerprint density at radius 2 is 1.92 bits per heavy atom. The molecule has 0 spiro atoms. The summed E-state index contributed by atoms with van der Waals surface area (Å²) in [7, 11) is 0. The van der Waals surface area contributed by atoms with Gasteiger partial charge in [-0.2, -0.15) is 0 Å². The van der Waals surface area contributed by atoms with Crippen molar-refractivity contribution in [3.63, 3.8) is 0 Å². The fourth-order valence-electron chi connectivity index (χ4n) is 2.44. The molecule has 25 heavy (non-hydrogen) atoms. The third kappa shape index (κ3) is 3.49. The molecule has 0 saturated heterocycles. The summed E-state index contributed by atoms with van der Waals surface area (Å²) in [6.45, 7) is 1.85. The lowest BCUT2D eigenvalue weighted by molar-refractivity contribution is 0.0522. The highest BCUT2D eigenvalue weighted by molar-refractivity contribution is 6.30. The lowest BCUT2D eigenvalue weighted by Crippen LogP contribution is -2.15. The Balaban J connectivity index is 2.04. The number of anilines is 1. The van der Waals surface area contributed by atoms with Crippen LogP contribution in [0, 0.1) is 5.82 Å². The SMILES string of the molecule is CCOC(=O)c1[nH]c2ccc(F)cc2c1NC(=O)c1ccc(Cl)cc1. The number of benzene rings is 2. The van der Waals surface area contributed by atoms with Crippen molar-refractivity contribution >= 4 is 40.1 Å². The molecule has 0 aliphatic heterocycles. The molecule has 0 aliphatic carbocycles. The molecule has 0 atom stereocenters. The summed E-state index contributed by atoms with van der Waals surface area (Å²) in [5.41, 5.74) is 1.10. The van der Waals surface area contributed by atoms with E-state index in [1.54, 1.807) is 31.2 Å². The van der Waals surface area contributed by atoms with Gasteiger partial charge >= 0.3 is 5.97 Å². The highest BCUT2D eigenvalue weighted by atomic mass is 35.5. The third-order valence-electron chi connectivity index (χ3n) is 3.59. The highest BCUT2D eigenvalue weighted by Gasteiger charge is 2.21. The van der Waals surface area contributed by atoms with E-state index >= 15 is 0 Å². The van der Waals surface area contributed by atoms with Crippen LogP contribution < -0.4 is 5.32 Å². The first kappa shape index (κ1) is 17.0. The maximum absolute atomic E-state index is 13.6. The topological polar surface area (TPSA) is 71.2 Å². The Kier molecular flexibility index (Phi) is 4.72. The number of esters is 1. The second-order valence-corrected chi connectivity index (χ2v) is 5.68. The zero-order valence-electron chi connectivity index (χ0n) is 13.2. The predicted octanol–water partition coefficient (Wildman–Crippen LogP) is 4.39. The number of halogens is 2. The number of fused-ring (bicyclic) bond motifs is 1. The van der Waals surface area contributed by atoms with Crippen LogP contribution in [0.5, 0.6) is 0 Å². The van der Waals surface area contributed by atoms with E-state index in [0.717, 1.165) is 0 Å². The molecule has 5 nitrogen and oxygen atoms in total. The van der Waals surface area contributed by atoms with Gasteiger partial charge in [0.2, 0.25) is 0 Å². The summed E-state index contributed by atoms with van der Waals surface area (Å²) in [5, 5.41) is 3.53. The number of H-pyrrole nitrogens is 1. The van der Waals surface area contributed by atoms with Crippen molar-refractivity contribution in [3.8, 4) is 0 Å². The van der Waals surface area contributed by atoms with Crippen LogP contribution in [-0.2, 0) is 4.74 Å². The van der Waals surface area contributed by atoms with Gasteiger partial charge in [-0.05, 0) is 49.4 Å². The largest absolute Gasteiger partial charge is 0.461 e. The lowest BCUT2D eigenvalue weighted by Gasteiger charge is -2.07. The number of carbonyl (C=O) groups excluding carboxylic acids is 2. The van der Waals surface area contributed by atoms with Crippen molar-refractivity contribution in [2.75, 3.05) is 11.9 Å². The third-order valence-corrected chi connectivity index (χ3v) is 3.84. The van der Waals surface area contributed by atoms with Crippen LogP contribution in [0.25, 0.3) is 10.9 Å². The van der Waals surface area contributed by atoms with E-state index in [2.05, 4.69) is 10.3 Å². The molecule has 1 heterocycles. The smallest absolute Gasteiger partial charge is 0.356 e. The highest BCUT2D eigenvalue weighted by Crippen LogP contribution is 2.29. The van der Waals surface area contributed by atoms with Gasteiger partial charge in [0.1, 0.15) is 11.5 Å². The van der Waals surface area contributed by atoms with E-state index in [0.29, 0.717) is 21.5 Å². The molecular weight excluding hydrogens is 347 g/mol. The summed E-state index contributed by atoms with van der Waals surface area (Å²) in [6.07, 6.45) is 0. The first-order valence-corrected chi connectivity index (χ1v) is 7.92. The summed E-state index contributed by atoms with van der Waals surface area (Å²) in [5.74, 6) is -1.57. The normalized spacial score (nSPS) is 10.7. The van der Waals surface area contributed by atoms with Crippen molar-refractivity contribution < 1.29 is 18.7 Å². The van der Waals surface area contributed by atoms with Gasteiger partial charge in [-0.15, -0.1) is 0 Å². The number of carbonyl (C=O) groups is 2. The first-order valence-electron chi connectivity index (χ1n) is 7.55. The molecule has 0 aliphatic rings. The second kappa shape index (κ2) is 6.94. The average molecular weight is 361 g/mol. The quantitative estimate of drug-likeness (QED) is 0.678. The molecular formula is C18H14ClFN2O3. The molecule has 0 radical (unpaired) electrons. The van der Waals surface area contributed by atoms with E-state index < -0.39 is 17.7 Å². The molecule has 0 saturated carbocycles. The summed E-state index contributed by atoms with van der Waals surface area (Å²) >= 11 is 5.82. The number of hydrogen-bond acceptors (Lipinski definition) is 3. The van der Waals surface area contributed by atoms with E-state index in [1.165, 1.54) is 18.2 Å². The number of amides is 1. The number of aromatic nitrogens is 1. The van der Waals surface area contributed by atoms with Crippen LogP contribution in [0.2, 0.25) is 5.02 Å². The van der Waals surface area contributed by atoms with Crippen LogP contribution in [0.15, 0.2) is 42.5 Å². The van der Waals surface area contributed by atoms with Gasteiger partial charge in [-0.25, -0.2) is 9.18 Å². The van der Waals surface area contributed by atoms with Gasteiger partial charge in [-0.3, -0.25) is 4.79 Å². The van der Waals surface area contributed by atoms with E-state index in [-0.39, 0.29) is 18.0 Å². The molecule has 1 amide bonds. The van der Waals surface area contributed by atoms with Crippen molar-refractivity contribution in [3.05, 3.63) is 64.6 Å². The molecule has 3 aromatic rings. The maximum Gasteiger partial charge on any atom is 0.356 e. The summed E-state index contributed by atoms with van der Waals surface area (Å²) in [4.78, 5) is 27.5. The lowest BCUT2D eigenvalue weighted by atomic mass is 10.1. The molecule has 0 fully saturated rings. The van der Waals surface area contributed by atoms with Gasteiger partial charge in [0.05, 0.1) is 12.3 Å². The number of nitrogens with one attached hydrogen (secondary N) is 2. The Morgan fingerprint density at radius 1 is 1.20 bits per heavy atom. The van der Waals surface area contributed by atoms with Crippen LogP contribution >= 0.6 is 11.6 Å². The molecule has 2 aromatic carbocycles. The van der Waals surface area contributed by atoms with Gasteiger partial charge in [0.25, 0.3) is 5.91 Å². The Labute approximate surface area is 147 Å². The zero-order valence-corrected chi connectivity index (χ0v) is 14.0. The number of aromatic amines is 1. The van der Waals surface area contributed by atoms with Gasteiger partial charge in [-0.1, -0.05) is 11.6 Å². The van der Waals surface area contributed by atoms with E-state index in [1.807, 2.05) is 0 Å². The number of ether oxygens (including phenoxy) is 1. The number of hydrogen-bond donors (Lipinski definition) is 2.